The molecule has 5 nitrogen and oxygen atoms in total. The molecule has 20 heavy (non-hydrogen) atoms. The number of carbonyl (C=O) groups is 1. The summed E-state index contributed by atoms with van der Waals surface area (Å²) in [5, 5.41) is 2.89. The maximum absolute atomic E-state index is 11.9. The summed E-state index contributed by atoms with van der Waals surface area (Å²) >= 11 is 0. The van der Waals surface area contributed by atoms with E-state index in [2.05, 4.69) is 5.32 Å². The number of aryl methyl sites for hydroxylation is 1. The van der Waals surface area contributed by atoms with Crippen molar-refractivity contribution >= 4 is 5.91 Å². The van der Waals surface area contributed by atoms with E-state index in [-0.39, 0.29) is 17.4 Å². The van der Waals surface area contributed by atoms with E-state index in [1.807, 2.05) is 26.8 Å². The lowest BCUT2D eigenvalue weighted by Crippen LogP contribution is -2.35. The zero-order valence-electron chi connectivity index (χ0n) is 12.7. The number of amides is 1. The number of hydrogen-bond donors (Lipinski definition) is 1. The Balaban J connectivity index is 2.63. The number of nitrogens with one attached hydrogen (secondary N) is 1. The van der Waals surface area contributed by atoms with E-state index in [1.54, 1.807) is 4.57 Å². The Kier molecular flexibility index (Phi) is 6.28. The molecule has 1 amide bonds. The molecular weight excluding hydrogens is 256 g/mol. The molecule has 0 aromatic carbocycles. The molecule has 0 aliphatic rings. The lowest BCUT2D eigenvalue weighted by Gasteiger charge is -2.15. The average molecular weight is 280 g/mol. The molecule has 112 valence electrons. The van der Waals surface area contributed by atoms with Crippen molar-refractivity contribution < 1.29 is 9.53 Å². The Morgan fingerprint density at radius 1 is 1.35 bits per heavy atom. The van der Waals surface area contributed by atoms with Crippen molar-refractivity contribution in [3.63, 3.8) is 0 Å². The van der Waals surface area contributed by atoms with Crippen LogP contribution >= 0.6 is 0 Å². The van der Waals surface area contributed by atoms with E-state index in [0.717, 1.165) is 18.5 Å². The molecule has 5 heteroatoms. The zero-order valence-corrected chi connectivity index (χ0v) is 12.7. The molecule has 1 aromatic heterocycles. The van der Waals surface area contributed by atoms with Crippen molar-refractivity contribution in [2.45, 2.75) is 40.2 Å². The van der Waals surface area contributed by atoms with Crippen molar-refractivity contribution in [1.82, 2.24) is 9.88 Å². The SMILES string of the molecule is CCC(CC)C(=O)NCCn1c(C)cc(OC)cc1=O. The first-order chi connectivity index (χ1) is 9.53. The van der Waals surface area contributed by atoms with Crippen LogP contribution in [0.1, 0.15) is 32.4 Å². The monoisotopic (exact) mass is 280 g/mol. The highest BCUT2D eigenvalue weighted by atomic mass is 16.5. The maximum Gasteiger partial charge on any atom is 0.254 e. The van der Waals surface area contributed by atoms with E-state index >= 15 is 0 Å². The summed E-state index contributed by atoms with van der Waals surface area (Å²) in [6, 6.07) is 3.26. The zero-order chi connectivity index (χ0) is 15.1. The van der Waals surface area contributed by atoms with Gasteiger partial charge in [0.15, 0.2) is 0 Å². The molecule has 1 rings (SSSR count). The van der Waals surface area contributed by atoms with Crippen LogP contribution in [0.25, 0.3) is 0 Å². The van der Waals surface area contributed by atoms with Crippen LogP contribution in [-0.2, 0) is 11.3 Å². The third-order valence-electron chi connectivity index (χ3n) is 3.54. The van der Waals surface area contributed by atoms with Gasteiger partial charge in [-0.15, -0.1) is 0 Å². The molecule has 0 spiro atoms. The Morgan fingerprint density at radius 3 is 2.50 bits per heavy atom. The van der Waals surface area contributed by atoms with Crippen molar-refractivity contribution in [3.05, 3.63) is 28.2 Å². The molecule has 0 bridgehead atoms. The fraction of sp³-hybridized carbons (Fsp3) is 0.600. The van der Waals surface area contributed by atoms with Crippen LogP contribution in [0.5, 0.6) is 5.75 Å². The third-order valence-corrected chi connectivity index (χ3v) is 3.54. The van der Waals surface area contributed by atoms with Gasteiger partial charge in [0.05, 0.1) is 7.11 Å². The average Bonchev–Trinajstić information content (AvgIpc) is 2.42. The van der Waals surface area contributed by atoms with Gasteiger partial charge in [0, 0.05) is 30.8 Å². The molecule has 0 unspecified atom stereocenters. The highest BCUT2D eigenvalue weighted by Crippen LogP contribution is 2.09. The van der Waals surface area contributed by atoms with Crippen LogP contribution in [0.3, 0.4) is 0 Å². The number of rotatable bonds is 7. The van der Waals surface area contributed by atoms with E-state index in [0.29, 0.717) is 18.8 Å². The molecule has 0 radical (unpaired) electrons. The smallest absolute Gasteiger partial charge is 0.254 e. The van der Waals surface area contributed by atoms with Gasteiger partial charge in [-0.3, -0.25) is 9.59 Å². The van der Waals surface area contributed by atoms with Gasteiger partial charge in [-0.1, -0.05) is 13.8 Å². The quantitative estimate of drug-likeness (QED) is 0.827. The Hall–Kier alpha value is -1.78. The van der Waals surface area contributed by atoms with Gasteiger partial charge in [-0.25, -0.2) is 0 Å². The summed E-state index contributed by atoms with van der Waals surface area (Å²) in [6.07, 6.45) is 1.67. The maximum atomic E-state index is 11.9. The number of ether oxygens (including phenoxy) is 1. The molecule has 1 heterocycles. The first kappa shape index (κ1) is 16.3. The Bertz CT molecular complexity index is 504. The summed E-state index contributed by atoms with van der Waals surface area (Å²) in [6.45, 7) is 6.80. The molecule has 0 saturated heterocycles. The standard InChI is InChI=1S/C15H24N2O3/c1-5-12(6-2)15(19)16-7-8-17-11(3)9-13(20-4)10-14(17)18/h9-10,12H,5-8H2,1-4H3,(H,16,19). The first-order valence-electron chi connectivity index (χ1n) is 7.06. The molecule has 0 aliphatic heterocycles. The molecule has 0 atom stereocenters. The number of aromatic nitrogens is 1. The second-order valence-corrected chi connectivity index (χ2v) is 4.83. The normalized spacial score (nSPS) is 10.7. The van der Waals surface area contributed by atoms with Gasteiger partial charge in [0.25, 0.3) is 5.56 Å². The minimum absolute atomic E-state index is 0.0590. The van der Waals surface area contributed by atoms with E-state index in [9.17, 15) is 9.59 Å². The third kappa shape index (κ3) is 4.11. The van der Waals surface area contributed by atoms with Crippen LogP contribution in [0.4, 0.5) is 0 Å². The molecule has 1 aromatic rings. The molecule has 0 fully saturated rings. The van der Waals surface area contributed by atoms with Crippen molar-refractivity contribution in [2.24, 2.45) is 5.92 Å². The van der Waals surface area contributed by atoms with Crippen LogP contribution in [-0.4, -0.2) is 24.1 Å². The lowest BCUT2D eigenvalue weighted by atomic mass is 10.0. The van der Waals surface area contributed by atoms with Gasteiger partial charge in [0.1, 0.15) is 5.75 Å². The van der Waals surface area contributed by atoms with E-state index in [1.165, 1.54) is 13.2 Å². The highest BCUT2D eigenvalue weighted by Gasteiger charge is 2.13. The van der Waals surface area contributed by atoms with E-state index < -0.39 is 0 Å². The van der Waals surface area contributed by atoms with Gasteiger partial charge < -0.3 is 14.6 Å². The summed E-state index contributed by atoms with van der Waals surface area (Å²) in [7, 11) is 1.54. The summed E-state index contributed by atoms with van der Waals surface area (Å²) in [5.41, 5.74) is 0.713. The molecule has 0 aliphatic carbocycles. The summed E-state index contributed by atoms with van der Waals surface area (Å²) in [4.78, 5) is 23.8. The molecule has 0 saturated carbocycles. The van der Waals surface area contributed by atoms with Gasteiger partial charge in [0.2, 0.25) is 5.91 Å². The Morgan fingerprint density at radius 2 is 2.00 bits per heavy atom. The van der Waals surface area contributed by atoms with Crippen molar-refractivity contribution in [1.29, 1.82) is 0 Å². The predicted octanol–water partition coefficient (Wildman–Crippen LogP) is 1.72. The number of nitrogens with zero attached hydrogens (tertiary/aromatic N) is 1. The van der Waals surface area contributed by atoms with Crippen LogP contribution in [0.2, 0.25) is 0 Å². The number of hydrogen-bond acceptors (Lipinski definition) is 3. The van der Waals surface area contributed by atoms with Gasteiger partial charge in [-0.2, -0.15) is 0 Å². The molecule has 1 N–H and O–H groups in total. The number of pyridine rings is 1. The summed E-state index contributed by atoms with van der Waals surface area (Å²) < 4.78 is 6.69. The van der Waals surface area contributed by atoms with Crippen LogP contribution in [0, 0.1) is 12.8 Å². The van der Waals surface area contributed by atoms with Gasteiger partial charge >= 0.3 is 0 Å². The number of carbonyl (C=O) groups excluding carboxylic acids is 1. The van der Waals surface area contributed by atoms with Crippen molar-refractivity contribution in [2.75, 3.05) is 13.7 Å². The lowest BCUT2D eigenvalue weighted by molar-refractivity contribution is -0.125. The first-order valence-corrected chi connectivity index (χ1v) is 7.06. The topological polar surface area (TPSA) is 60.3 Å². The van der Waals surface area contributed by atoms with Crippen LogP contribution in [0.15, 0.2) is 16.9 Å². The predicted molar refractivity (Wildman–Crippen MR) is 79.1 cm³/mol. The van der Waals surface area contributed by atoms with Crippen LogP contribution < -0.4 is 15.6 Å². The molecular formula is C15H24N2O3. The van der Waals surface area contributed by atoms with Gasteiger partial charge in [-0.05, 0) is 25.8 Å². The largest absolute Gasteiger partial charge is 0.496 e. The summed E-state index contributed by atoms with van der Waals surface area (Å²) in [5.74, 6) is 0.683. The second kappa shape index (κ2) is 7.72. The minimum Gasteiger partial charge on any atom is -0.496 e. The Labute approximate surface area is 119 Å². The number of methoxy groups -OCH3 is 1. The van der Waals surface area contributed by atoms with Crippen molar-refractivity contribution in [3.8, 4) is 5.75 Å². The fourth-order valence-corrected chi connectivity index (χ4v) is 2.20. The second-order valence-electron chi connectivity index (χ2n) is 4.83. The van der Waals surface area contributed by atoms with E-state index in [4.69, 9.17) is 4.74 Å². The highest BCUT2D eigenvalue weighted by molar-refractivity contribution is 5.78. The minimum atomic E-state index is -0.112. The fourth-order valence-electron chi connectivity index (χ4n) is 2.20.